The van der Waals surface area contributed by atoms with Crippen LogP contribution in [0.5, 0.6) is 0 Å². The van der Waals surface area contributed by atoms with Crippen molar-refractivity contribution in [3.8, 4) is 22.5 Å². The lowest BCUT2D eigenvalue weighted by Gasteiger charge is -2.32. The number of hydrogen-bond acceptors (Lipinski definition) is 10. The Bertz CT molecular complexity index is 3340. The van der Waals surface area contributed by atoms with Crippen molar-refractivity contribution in [2.45, 2.75) is 93.8 Å². The van der Waals surface area contributed by atoms with E-state index in [0.717, 1.165) is 28.2 Å². The van der Waals surface area contributed by atoms with Crippen LogP contribution in [0.3, 0.4) is 0 Å². The van der Waals surface area contributed by atoms with Crippen LogP contribution < -0.4 is 23.7 Å². The van der Waals surface area contributed by atoms with Crippen LogP contribution in [0.1, 0.15) is 54.4 Å². The largest absolute Gasteiger partial charge is 0.462 e. The second-order valence-corrected chi connectivity index (χ2v) is 22.5. The van der Waals surface area contributed by atoms with E-state index in [1.165, 1.54) is 26.0 Å². The minimum absolute atomic E-state index is 0.0463. The number of carbonyl (C=O) groups is 1. The van der Waals surface area contributed by atoms with Crippen LogP contribution in [0, 0.1) is 0 Å². The number of nitrogens with zero attached hydrogens (tertiary/aromatic N) is 2. The molecular weight excluding hydrogens is 999 g/mol. The summed E-state index contributed by atoms with van der Waals surface area (Å²) in [6.07, 6.45) is -1.03. The van der Waals surface area contributed by atoms with E-state index in [2.05, 4.69) is 6.58 Å². The lowest BCUT2D eigenvalue weighted by atomic mass is 9.93. The van der Waals surface area contributed by atoms with Crippen molar-refractivity contribution < 1.29 is 65.5 Å². The van der Waals surface area contributed by atoms with Crippen molar-refractivity contribution in [2.75, 3.05) is 11.5 Å². The van der Waals surface area contributed by atoms with Crippen molar-refractivity contribution in [1.82, 2.24) is 13.4 Å². The molecule has 2 N–H and O–H groups in total. The van der Waals surface area contributed by atoms with Gasteiger partial charge < -0.3 is 14.1 Å². The summed E-state index contributed by atoms with van der Waals surface area (Å²) in [6, 6.07) is 31.0. The Kier molecular flexibility index (Phi) is 15.7. The number of esters is 1. The van der Waals surface area contributed by atoms with Gasteiger partial charge in [0.1, 0.15) is 11.3 Å². The van der Waals surface area contributed by atoms with Crippen molar-refractivity contribution in [2.24, 2.45) is 0 Å². The number of sulfonamides is 3. The highest BCUT2D eigenvalue weighted by molar-refractivity contribution is 8.05. The second kappa shape index (κ2) is 20.6. The Morgan fingerprint density at radius 1 is 0.746 bits per heavy atom. The average Bonchev–Trinajstić information content (AvgIpc) is 3.30. The fourth-order valence-electron chi connectivity index (χ4n) is 7.84. The maximum absolute atomic E-state index is 15.7. The topological polar surface area (TPSA) is 172 Å². The molecule has 22 heteroatoms. The molecule has 1 unspecified atom stereocenters. The molecule has 0 amide bonds. The van der Waals surface area contributed by atoms with Gasteiger partial charge in [-0.3, -0.25) is 0 Å². The SMILES string of the molecule is C=C(C)C(=O)OCCC(CC)NS(=O)(=O)C(F)(F)C(F)(F)C(F)(F)S(=O)(=O)NS(=O)(=O)c1ccccc1-c1c2ccc(=[N+](c3ccccc3)C(C)C)cc-2oc2cc(N(c3ccccc3)C(C)C)ccc12. The number of para-hydroxylation sites is 2. The molecule has 71 heavy (non-hydrogen) atoms. The molecule has 0 aromatic heterocycles. The predicted octanol–water partition coefficient (Wildman–Crippen LogP) is 9.90. The number of halogens is 6. The fourth-order valence-corrected chi connectivity index (χ4v) is 12.4. The molecule has 0 fully saturated rings. The minimum atomic E-state index is -7.50. The molecule has 1 aliphatic carbocycles. The highest BCUT2D eigenvalue weighted by Crippen LogP contribution is 2.51. The van der Waals surface area contributed by atoms with Crippen LogP contribution in [0.25, 0.3) is 33.4 Å². The van der Waals surface area contributed by atoms with Gasteiger partial charge in [0.05, 0.1) is 17.6 Å². The third-order valence-electron chi connectivity index (χ3n) is 11.3. The molecule has 0 bridgehead atoms. The third kappa shape index (κ3) is 10.6. The first-order valence-corrected chi connectivity index (χ1v) is 26.4. The molecule has 0 saturated carbocycles. The Balaban J connectivity index is 1.48. The first kappa shape index (κ1) is 54.3. The molecule has 2 aliphatic rings. The maximum Gasteiger partial charge on any atom is 0.429 e. The summed E-state index contributed by atoms with van der Waals surface area (Å²) < 4.78 is 189. The lowest BCUT2D eigenvalue weighted by molar-refractivity contribution is -0.244. The predicted molar refractivity (Wildman–Crippen MR) is 259 cm³/mol. The number of benzene rings is 5. The van der Waals surface area contributed by atoms with E-state index in [9.17, 15) is 30.0 Å². The van der Waals surface area contributed by atoms with Crippen molar-refractivity contribution >= 4 is 64.1 Å². The molecule has 4 aromatic rings. The number of fused-ring (bicyclic) bond motifs is 2. The summed E-state index contributed by atoms with van der Waals surface area (Å²) in [7, 11) is -20.4. The van der Waals surface area contributed by atoms with E-state index in [-0.39, 0.29) is 51.1 Å². The molecule has 6 rings (SSSR count). The molecule has 1 atom stereocenters. The number of anilines is 2. The number of rotatable bonds is 20. The Morgan fingerprint density at radius 3 is 1.93 bits per heavy atom. The van der Waals surface area contributed by atoms with E-state index in [4.69, 9.17) is 9.15 Å². The first-order valence-electron chi connectivity index (χ1n) is 22.0. The third-order valence-corrected chi connectivity index (χ3v) is 16.5. The van der Waals surface area contributed by atoms with Gasteiger partial charge in [-0.2, -0.15) is 30.9 Å². The molecule has 13 nitrogen and oxygen atoms in total. The normalized spacial score (nSPS) is 13.9. The molecule has 0 saturated heterocycles. The quantitative estimate of drug-likeness (QED) is 0.0247. The molecule has 0 radical (unpaired) electrons. The smallest absolute Gasteiger partial charge is 0.429 e. The van der Waals surface area contributed by atoms with E-state index in [0.29, 0.717) is 15.2 Å². The minimum Gasteiger partial charge on any atom is -0.462 e. The van der Waals surface area contributed by atoms with Gasteiger partial charge in [0.25, 0.3) is 30.1 Å². The van der Waals surface area contributed by atoms with Crippen LogP contribution in [-0.2, 0) is 39.6 Å². The number of hydrogen-bond donors (Lipinski definition) is 2. The molecule has 1 aliphatic heterocycles. The van der Waals surface area contributed by atoms with Gasteiger partial charge in [-0.25, -0.2) is 34.8 Å². The zero-order valence-electron chi connectivity index (χ0n) is 39.2. The molecular formula is C49H51F6N4O9S3+. The van der Waals surface area contributed by atoms with Crippen LogP contribution in [0.2, 0.25) is 0 Å². The van der Waals surface area contributed by atoms with Crippen molar-refractivity contribution in [3.05, 3.63) is 139 Å². The van der Waals surface area contributed by atoms with E-state index in [1.807, 2.05) is 97.8 Å². The maximum atomic E-state index is 15.7. The Morgan fingerprint density at radius 2 is 1.34 bits per heavy atom. The molecule has 0 spiro atoms. The average molecular weight is 1050 g/mol. The first-order chi connectivity index (χ1) is 33.1. The number of ether oxygens (including phenoxy) is 1. The number of carbonyl (C=O) groups excluding carboxylic acids is 1. The number of alkyl halides is 6. The summed E-state index contributed by atoms with van der Waals surface area (Å²) >= 11 is 0. The van der Waals surface area contributed by atoms with Crippen LogP contribution in [0.4, 0.5) is 43.4 Å². The second-order valence-electron chi connectivity index (χ2n) is 17.1. The molecule has 380 valence electrons. The Labute approximate surface area is 408 Å². The monoisotopic (exact) mass is 1050 g/mol. The molecule has 1 heterocycles. The Hall–Kier alpha value is -6.07. The summed E-state index contributed by atoms with van der Waals surface area (Å²) in [5, 5.41) is -13.2. The van der Waals surface area contributed by atoms with Gasteiger partial charge >= 0.3 is 22.4 Å². The van der Waals surface area contributed by atoms with Crippen LogP contribution in [0.15, 0.2) is 143 Å². The van der Waals surface area contributed by atoms with Gasteiger partial charge in [-0.05, 0) is 83.9 Å². The van der Waals surface area contributed by atoms with Gasteiger partial charge in [0, 0.05) is 75.4 Å². The van der Waals surface area contributed by atoms with E-state index < -0.39 is 82.9 Å². The lowest BCUT2D eigenvalue weighted by Crippen LogP contribution is -2.65. The zero-order valence-corrected chi connectivity index (χ0v) is 41.6. The van der Waals surface area contributed by atoms with E-state index >= 15 is 26.3 Å². The fraction of sp³-hybridized carbons (Fsp3) is 0.306. The van der Waals surface area contributed by atoms with Crippen LogP contribution >= 0.6 is 0 Å². The van der Waals surface area contributed by atoms with Gasteiger partial charge in [-0.1, -0.05) is 72.2 Å². The van der Waals surface area contributed by atoms with Crippen LogP contribution in [-0.4, -0.2) is 72.4 Å². The number of nitrogens with one attached hydrogen (secondary N) is 2. The van der Waals surface area contributed by atoms with Crippen molar-refractivity contribution in [1.29, 1.82) is 0 Å². The summed E-state index contributed by atoms with van der Waals surface area (Å²) in [5.74, 6) is -8.13. The highest BCUT2D eigenvalue weighted by atomic mass is 32.3. The zero-order chi connectivity index (χ0) is 52.5. The summed E-state index contributed by atoms with van der Waals surface area (Å²) in [5.41, 5.74) is 2.21. The van der Waals surface area contributed by atoms with Gasteiger partial charge in [0.2, 0.25) is 11.0 Å². The molecule has 4 aromatic carbocycles. The van der Waals surface area contributed by atoms with Gasteiger partial charge in [-0.15, -0.1) is 0 Å². The van der Waals surface area contributed by atoms with E-state index in [1.54, 1.807) is 36.4 Å². The van der Waals surface area contributed by atoms with Crippen molar-refractivity contribution in [3.63, 3.8) is 0 Å². The summed E-state index contributed by atoms with van der Waals surface area (Å²) in [4.78, 5) is 12.6. The summed E-state index contributed by atoms with van der Waals surface area (Å²) in [6.45, 7) is 12.9. The standard InChI is InChI=1S/C49H51F6N4O9S3/c1-8-34(27-28-67-46(60)31(2)3)56-70(63,64)48(52,53)47(50,51)49(54,55)71(65,66)57-69(61,62)44-22-16-15-21-41(44)45-39-25-23-37(58(32(4)5)35-17-11-9-12-18-35)29-42(39)68-43-30-38(24-26-40(43)45)59(33(6)7)36-19-13-10-14-20-36/h9-26,29-30,32-34,56-57H,2,8,27-28H2,1,3-7H3/q+1. The van der Waals surface area contributed by atoms with Gasteiger partial charge in [0.15, 0.2) is 6.04 Å². The highest BCUT2D eigenvalue weighted by Gasteiger charge is 2.82.